The zero-order valence-electron chi connectivity index (χ0n) is 13.1. The van der Waals surface area contributed by atoms with Crippen molar-refractivity contribution >= 4 is 5.97 Å². The number of ether oxygens (including phenoxy) is 1. The Labute approximate surface area is 131 Å². The third-order valence-electron chi connectivity index (χ3n) is 4.22. The Morgan fingerprint density at radius 3 is 2.68 bits per heavy atom. The van der Waals surface area contributed by atoms with Crippen LogP contribution in [0.4, 0.5) is 0 Å². The van der Waals surface area contributed by atoms with Gasteiger partial charge in [-0.3, -0.25) is 9.69 Å². The number of hydrogen-bond donors (Lipinski definition) is 2. The van der Waals surface area contributed by atoms with Crippen LogP contribution in [-0.2, 0) is 4.79 Å². The molecule has 122 valence electrons. The molecule has 1 aromatic rings. The lowest BCUT2D eigenvalue weighted by molar-refractivity contribution is -0.139. The first kappa shape index (κ1) is 16.8. The fraction of sp³-hybridized carbons (Fsp3) is 0.588. The summed E-state index contributed by atoms with van der Waals surface area (Å²) >= 11 is 0. The van der Waals surface area contributed by atoms with Crippen molar-refractivity contribution in [1.29, 1.82) is 0 Å². The van der Waals surface area contributed by atoms with E-state index in [1.807, 2.05) is 12.1 Å². The van der Waals surface area contributed by atoms with Crippen molar-refractivity contribution in [3.8, 4) is 5.75 Å². The largest absolute Gasteiger partial charge is 0.497 e. The van der Waals surface area contributed by atoms with Crippen LogP contribution in [0.25, 0.3) is 0 Å². The van der Waals surface area contributed by atoms with Crippen LogP contribution in [0.3, 0.4) is 0 Å². The topological polar surface area (TPSA) is 70.0 Å². The second kappa shape index (κ2) is 8.15. The molecule has 2 rings (SSSR count). The molecule has 5 heteroatoms. The van der Waals surface area contributed by atoms with Gasteiger partial charge in [-0.05, 0) is 37.1 Å². The number of hydrogen-bond acceptors (Lipinski definition) is 4. The number of aliphatic hydroxyl groups is 1. The van der Waals surface area contributed by atoms with E-state index in [2.05, 4.69) is 17.0 Å². The Balaban J connectivity index is 2.10. The van der Waals surface area contributed by atoms with Gasteiger partial charge in [-0.1, -0.05) is 25.0 Å². The lowest BCUT2D eigenvalue weighted by Gasteiger charge is -2.31. The van der Waals surface area contributed by atoms with Crippen molar-refractivity contribution in [3.05, 3.63) is 29.8 Å². The Kier molecular flexibility index (Phi) is 6.21. The van der Waals surface area contributed by atoms with Gasteiger partial charge in [0.05, 0.1) is 19.6 Å². The molecule has 1 heterocycles. The number of carboxylic acid groups (broad SMARTS) is 1. The van der Waals surface area contributed by atoms with E-state index in [-0.39, 0.29) is 12.5 Å². The van der Waals surface area contributed by atoms with Crippen molar-refractivity contribution in [2.75, 3.05) is 20.2 Å². The maximum absolute atomic E-state index is 10.7. The number of rotatable bonds is 6. The molecular formula is C17H25NO4. The van der Waals surface area contributed by atoms with E-state index in [0.717, 1.165) is 31.6 Å². The monoisotopic (exact) mass is 307 g/mol. The van der Waals surface area contributed by atoms with Gasteiger partial charge in [0, 0.05) is 12.6 Å². The molecular weight excluding hydrogens is 282 g/mol. The molecule has 1 fully saturated rings. The van der Waals surface area contributed by atoms with Gasteiger partial charge in [-0.15, -0.1) is 0 Å². The summed E-state index contributed by atoms with van der Waals surface area (Å²) in [6.07, 6.45) is 3.43. The molecule has 0 aliphatic carbocycles. The fourth-order valence-electron chi connectivity index (χ4n) is 3.13. The number of nitrogens with zero attached hydrogens (tertiary/aromatic N) is 1. The van der Waals surface area contributed by atoms with Crippen LogP contribution in [-0.4, -0.2) is 47.4 Å². The number of β-amino-alcohol motifs (C(OH)–C–C–N with tert-alkyl or cyclic N) is 1. The summed E-state index contributed by atoms with van der Waals surface area (Å²) in [7, 11) is 1.65. The number of benzene rings is 1. The molecule has 2 unspecified atom stereocenters. The van der Waals surface area contributed by atoms with Gasteiger partial charge in [0.15, 0.2) is 0 Å². The number of aliphatic carboxylic acids is 1. The van der Waals surface area contributed by atoms with Crippen LogP contribution in [0.15, 0.2) is 24.3 Å². The quantitative estimate of drug-likeness (QED) is 0.845. The summed E-state index contributed by atoms with van der Waals surface area (Å²) < 4.78 is 5.20. The van der Waals surface area contributed by atoms with Gasteiger partial charge in [0.1, 0.15) is 5.75 Å². The third kappa shape index (κ3) is 4.71. The molecule has 22 heavy (non-hydrogen) atoms. The Morgan fingerprint density at radius 1 is 1.32 bits per heavy atom. The molecule has 1 aliphatic heterocycles. The molecule has 2 atom stereocenters. The van der Waals surface area contributed by atoms with Gasteiger partial charge in [0.2, 0.25) is 0 Å². The molecule has 1 aliphatic rings. The summed E-state index contributed by atoms with van der Waals surface area (Å²) in [5, 5.41) is 18.8. The second-order valence-electron chi connectivity index (χ2n) is 5.88. The Hall–Kier alpha value is -1.59. The normalized spacial score (nSPS) is 21.1. The number of carbonyl (C=O) groups is 1. The molecule has 1 saturated heterocycles. The Bertz CT molecular complexity index is 474. The van der Waals surface area contributed by atoms with Crippen LogP contribution in [0.2, 0.25) is 0 Å². The average molecular weight is 307 g/mol. The Morgan fingerprint density at radius 2 is 2.05 bits per heavy atom. The van der Waals surface area contributed by atoms with E-state index in [4.69, 9.17) is 9.84 Å². The number of methoxy groups -OCH3 is 1. The summed E-state index contributed by atoms with van der Waals surface area (Å²) in [5.41, 5.74) is 1.20. The van der Waals surface area contributed by atoms with Crippen molar-refractivity contribution in [2.45, 2.75) is 44.2 Å². The molecule has 0 radical (unpaired) electrons. The minimum absolute atomic E-state index is 0.203. The van der Waals surface area contributed by atoms with E-state index in [0.29, 0.717) is 6.54 Å². The minimum atomic E-state index is -0.955. The molecule has 0 bridgehead atoms. The predicted octanol–water partition coefficient (Wildman–Crippen LogP) is 2.45. The molecule has 5 nitrogen and oxygen atoms in total. The van der Waals surface area contributed by atoms with Crippen molar-refractivity contribution in [2.24, 2.45) is 0 Å². The van der Waals surface area contributed by atoms with Crippen LogP contribution in [0, 0.1) is 0 Å². The molecule has 0 aromatic heterocycles. The lowest BCUT2D eigenvalue weighted by atomic mass is 10.00. The zero-order chi connectivity index (χ0) is 15.9. The van der Waals surface area contributed by atoms with Crippen molar-refractivity contribution in [1.82, 2.24) is 4.90 Å². The number of likely N-dealkylation sites (tertiary alicyclic amines) is 1. The molecule has 0 spiro atoms. The maximum atomic E-state index is 10.7. The van der Waals surface area contributed by atoms with Crippen LogP contribution >= 0.6 is 0 Å². The highest BCUT2D eigenvalue weighted by Gasteiger charge is 2.25. The highest BCUT2D eigenvalue weighted by atomic mass is 16.5. The average Bonchev–Trinajstić information content (AvgIpc) is 2.72. The SMILES string of the molecule is COc1ccc(C2CCCCCN2CC(O)CC(=O)O)cc1. The summed E-state index contributed by atoms with van der Waals surface area (Å²) in [4.78, 5) is 13.0. The molecule has 0 saturated carbocycles. The van der Waals surface area contributed by atoms with Gasteiger partial charge in [-0.2, -0.15) is 0 Å². The van der Waals surface area contributed by atoms with E-state index in [9.17, 15) is 9.90 Å². The maximum Gasteiger partial charge on any atom is 0.306 e. The first-order valence-electron chi connectivity index (χ1n) is 7.88. The fourth-order valence-corrected chi connectivity index (χ4v) is 3.13. The zero-order valence-corrected chi connectivity index (χ0v) is 13.1. The molecule has 2 N–H and O–H groups in total. The predicted molar refractivity (Wildman–Crippen MR) is 84.0 cm³/mol. The lowest BCUT2D eigenvalue weighted by Crippen LogP contribution is -2.36. The van der Waals surface area contributed by atoms with Gasteiger partial charge in [-0.25, -0.2) is 0 Å². The third-order valence-corrected chi connectivity index (χ3v) is 4.22. The van der Waals surface area contributed by atoms with Gasteiger partial charge in [0.25, 0.3) is 0 Å². The molecule has 1 aromatic carbocycles. The van der Waals surface area contributed by atoms with E-state index in [1.165, 1.54) is 12.0 Å². The standard InChI is InChI=1S/C17H25NO4/c1-22-15-8-6-13(7-9-15)16-5-3-2-4-10-18(16)12-14(19)11-17(20)21/h6-9,14,16,19H,2-5,10-12H2,1H3,(H,20,21). The van der Waals surface area contributed by atoms with Gasteiger partial charge < -0.3 is 14.9 Å². The van der Waals surface area contributed by atoms with Crippen LogP contribution in [0.5, 0.6) is 5.75 Å². The van der Waals surface area contributed by atoms with Crippen molar-refractivity contribution in [3.63, 3.8) is 0 Å². The summed E-state index contributed by atoms with van der Waals surface area (Å²) in [6.45, 7) is 1.30. The summed E-state index contributed by atoms with van der Waals surface area (Å²) in [6, 6.07) is 8.26. The first-order chi connectivity index (χ1) is 10.6. The second-order valence-corrected chi connectivity index (χ2v) is 5.88. The van der Waals surface area contributed by atoms with Crippen LogP contribution in [0.1, 0.15) is 43.7 Å². The highest BCUT2D eigenvalue weighted by Crippen LogP contribution is 2.31. The van der Waals surface area contributed by atoms with E-state index >= 15 is 0 Å². The first-order valence-corrected chi connectivity index (χ1v) is 7.88. The summed E-state index contributed by atoms with van der Waals surface area (Å²) in [5.74, 6) is -0.127. The van der Waals surface area contributed by atoms with Crippen molar-refractivity contribution < 1.29 is 19.7 Å². The smallest absolute Gasteiger partial charge is 0.306 e. The highest BCUT2D eigenvalue weighted by molar-refractivity contribution is 5.67. The molecule has 0 amide bonds. The van der Waals surface area contributed by atoms with Crippen LogP contribution < -0.4 is 4.74 Å². The van der Waals surface area contributed by atoms with E-state index < -0.39 is 12.1 Å². The number of aliphatic hydroxyl groups excluding tert-OH is 1. The minimum Gasteiger partial charge on any atom is -0.497 e. The van der Waals surface area contributed by atoms with Gasteiger partial charge >= 0.3 is 5.97 Å². The van der Waals surface area contributed by atoms with E-state index in [1.54, 1.807) is 7.11 Å². The number of carboxylic acids is 1.